The van der Waals surface area contributed by atoms with Gasteiger partial charge in [-0.3, -0.25) is 14.0 Å². The molecule has 2 aromatic carbocycles. The van der Waals surface area contributed by atoms with Crippen LogP contribution in [-0.4, -0.2) is 138 Å². The number of aliphatic hydroxyl groups excluding tert-OH is 1. The smallest absolute Gasteiger partial charge is 0.416 e. The monoisotopic (exact) mass is 1030 g/mol. The van der Waals surface area contributed by atoms with Gasteiger partial charge in [0.25, 0.3) is 0 Å². The van der Waals surface area contributed by atoms with Crippen molar-refractivity contribution < 1.29 is 80.3 Å². The lowest BCUT2D eigenvalue weighted by Crippen LogP contribution is -2.85. The minimum Gasteiger partial charge on any atom is -0.486 e. The van der Waals surface area contributed by atoms with Crippen LogP contribution in [0.15, 0.2) is 66.2 Å². The van der Waals surface area contributed by atoms with Crippen LogP contribution in [0.25, 0.3) is 0 Å². The molecule has 3 saturated heterocycles. The maximum absolute atomic E-state index is 12.9. The Morgan fingerprint density at radius 2 is 1.54 bits per heavy atom. The second-order valence-corrected chi connectivity index (χ2v) is 21.9. The Morgan fingerprint density at radius 1 is 0.929 bits per heavy atom. The number of carbonyl (C=O) groups is 1. The van der Waals surface area contributed by atoms with Crippen LogP contribution in [0, 0.1) is 29.1 Å². The normalized spacial score (nSPS) is 41.0. The summed E-state index contributed by atoms with van der Waals surface area (Å²) >= 11 is 0. The lowest BCUT2D eigenvalue weighted by Gasteiger charge is -2.68. The van der Waals surface area contributed by atoms with Crippen LogP contribution in [-0.2, 0) is 30.8 Å². The van der Waals surface area contributed by atoms with Crippen molar-refractivity contribution in [2.24, 2.45) is 29.1 Å². The Labute approximate surface area is 413 Å². The number of carbonyl (C=O) groups excluding carboxylic acids is 1. The van der Waals surface area contributed by atoms with Gasteiger partial charge in [0.05, 0.1) is 17.3 Å². The molecule has 4 bridgehead atoms. The van der Waals surface area contributed by atoms with E-state index >= 15 is 0 Å². The third-order valence-electron chi connectivity index (χ3n) is 17.3. The summed E-state index contributed by atoms with van der Waals surface area (Å²) in [5, 5.41) is 77.0. The molecular formula is C49H70ClF3N2O14S. The molecule has 0 amide bonds. The van der Waals surface area contributed by atoms with Crippen LogP contribution >= 0.6 is 12.4 Å². The standard InChI is InChI=1S/C32H49NO9.C17H18F3NO.ClH.H2O4S/c1-6-18(3)25(35)41-24-11-12-26(4)19-8-9-20-28(37)13-23(34)31(39)21(29(28,38)16-30(20,26)42-32(19,24)40)15-33-14-17(2)7-10-22(33)27(31,5)36;1-21-12-11-16(13-5-3-2-4-6-13)22-15-9-7-14(8-10-15)17(18,19)20;;1-5(2,3)4/h6,17,19-24,34,36-40H,7-16H2,1-5H3;2-10,16,21H,11-12H2,1H3;1H;(H2,1,2,3,4). The Bertz CT molecular complexity index is 2330. The van der Waals surface area contributed by atoms with Crippen LogP contribution in [0.2, 0.25) is 0 Å². The highest BCUT2D eigenvalue weighted by Crippen LogP contribution is 2.78. The van der Waals surface area contributed by atoms with Crippen molar-refractivity contribution in [3.05, 3.63) is 77.4 Å². The van der Waals surface area contributed by atoms with Gasteiger partial charge in [0.15, 0.2) is 6.10 Å². The Kier molecular flexibility index (Phi) is 15.9. The maximum atomic E-state index is 12.9. The van der Waals surface area contributed by atoms with Crippen LogP contribution < -0.4 is 10.1 Å². The minimum atomic E-state index is -4.67. The van der Waals surface area contributed by atoms with Crippen molar-refractivity contribution >= 4 is 28.8 Å². The van der Waals surface area contributed by atoms with Crippen LogP contribution in [0.4, 0.5) is 13.2 Å². The molecule has 9 rings (SSSR count). The van der Waals surface area contributed by atoms with Gasteiger partial charge in [0.1, 0.15) is 34.3 Å². The summed E-state index contributed by atoms with van der Waals surface area (Å²) in [7, 11) is -2.82. The van der Waals surface area contributed by atoms with Crippen molar-refractivity contribution in [1.82, 2.24) is 10.2 Å². The number of esters is 1. The predicted octanol–water partition coefficient (Wildman–Crippen LogP) is 5.20. The van der Waals surface area contributed by atoms with Gasteiger partial charge in [-0.15, -0.1) is 12.4 Å². The first kappa shape index (κ1) is 56.3. The molecule has 2 aromatic rings. The number of nitrogens with one attached hydrogen (secondary N) is 1. The van der Waals surface area contributed by atoms with E-state index in [-0.39, 0.29) is 43.9 Å². The van der Waals surface area contributed by atoms with Crippen molar-refractivity contribution in [2.75, 3.05) is 26.7 Å². The second kappa shape index (κ2) is 19.7. The molecule has 7 aliphatic rings. The predicted molar refractivity (Wildman–Crippen MR) is 251 cm³/mol. The Morgan fingerprint density at radius 3 is 2.13 bits per heavy atom. The molecule has 4 aliphatic carbocycles. The van der Waals surface area contributed by atoms with E-state index in [9.17, 15) is 48.6 Å². The van der Waals surface area contributed by atoms with Gasteiger partial charge in [0.2, 0.25) is 5.79 Å². The number of nitrogens with zero attached hydrogens (tertiary/aromatic N) is 1. The van der Waals surface area contributed by atoms with Crippen LogP contribution in [0.5, 0.6) is 5.75 Å². The van der Waals surface area contributed by atoms with E-state index in [4.69, 9.17) is 31.7 Å². The first-order chi connectivity index (χ1) is 32.0. The molecule has 70 heavy (non-hydrogen) atoms. The van der Waals surface area contributed by atoms with E-state index in [2.05, 4.69) is 17.1 Å². The third kappa shape index (κ3) is 9.33. The molecule has 0 aromatic heterocycles. The fourth-order valence-corrected chi connectivity index (χ4v) is 13.9. The summed E-state index contributed by atoms with van der Waals surface area (Å²) in [4.78, 5) is 14.9. The number of allylic oxidation sites excluding steroid dienone is 1. The zero-order valence-corrected chi connectivity index (χ0v) is 41.9. The highest BCUT2D eigenvalue weighted by atomic mass is 35.5. The van der Waals surface area contributed by atoms with Gasteiger partial charge in [-0.1, -0.05) is 50.3 Å². The van der Waals surface area contributed by atoms with E-state index in [0.717, 1.165) is 37.1 Å². The summed E-state index contributed by atoms with van der Waals surface area (Å²) in [6.45, 7) is 10.8. The quantitative estimate of drug-likeness (QED) is 0.0936. The molecular weight excluding hydrogens is 965 g/mol. The average molecular weight is 1040 g/mol. The molecule has 9 N–H and O–H groups in total. The number of hydrogen-bond donors (Lipinski definition) is 9. The summed E-state index contributed by atoms with van der Waals surface area (Å²) < 4.78 is 87.8. The van der Waals surface area contributed by atoms with E-state index in [1.165, 1.54) is 12.1 Å². The van der Waals surface area contributed by atoms with Crippen LogP contribution in [0.1, 0.15) is 110 Å². The summed E-state index contributed by atoms with van der Waals surface area (Å²) in [6, 6.07) is 14.0. The Balaban J connectivity index is 0.000000242. The van der Waals surface area contributed by atoms with Gasteiger partial charge in [-0.2, -0.15) is 21.6 Å². The molecule has 394 valence electrons. The zero-order chi connectivity index (χ0) is 51.0. The molecule has 4 saturated carbocycles. The topological polar surface area (TPSA) is 256 Å². The van der Waals surface area contributed by atoms with E-state index in [1.54, 1.807) is 26.8 Å². The molecule has 16 nitrogen and oxygen atoms in total. The highest BCUT2D eigenvalue weighted by Gasteiger charge is 2.88. The number of rotatable bonds is 8. The lowest BCUT2D eigenvalue weighted by atomic mass is 9.49. The van der Waals surface area contributed by atoms with E-state index in [0.29, 0.717) is 55.9 Å². The van der Waals surface area contributed by atoms with Crippen molar-refractivity contribution in [2.45, 2.75) is 157 Å². The van der Waals surface area contributed by atoms with E-state index in [1.807, 2.05) is 44.3 Å². The van der Waals surface area contributed by atoms with Crippen molar-refractivity contribution in [1.29, 1.82) is 0 Å². The molecule has 7 fully saturated rings. The number of fused-ring (bicyclic) bond motifs is 5. The molecule has 15 atom stereocenters. The largest absolute Gasteiger partial charge is 0.486 e. The molecule has 1 spiro atoms. The van der Waals surface area contributed by atoms with Gasteiger partial charge in [-0.25, -0.2) is 4.79 Å². The maximum Gasteiger partial charge on any atom is 0.416 e. The first-order valence-electron chi connectivity index (χ1n) is 23.8. The molecule has 0 radical (unpaired) electrons. The number of ether oxygens (including phenoxy) is 3. The van der Waals surface area contributed by atoms with Gasteiger partial charge in [0, 0.05) is 67.1 Å². The van der Waals surface area contributed by atoms with Crippen LogP contribution in [0.3, 0.4) is 0 Å². The number of alkyl halides is 3. The first-order valence-corrected chi connectivity index (χ1v) is 25.2. The molecule has 15 unspecified atom stereocenters. The number of benzene rings is 2. The summed E-state index contributed by atoms with van der Waals surface area (Å²) in [6.07, 6.45) is -1.51. The average Bonchev–Trinajstić information content (AvgIpc) is 3.44. The SMILES string of the molecule is CC=C(C)C(=O)OC1CCC2(C)C3CCC4C5(O)CC(O)C6(O)C(CN7CC(C)CCC7C6(C)O)C5(O)CC42OC13O.CNCCC(Oc1ccc(C(F)(F)F)cc1)c1ccccc1.Cl.O=S(=O)(O)O. The summed E-state index contributed by atoms with van der Waals surface area (Å²) in [5.41, 5.74) is -8.63. The minimum absolute atomic E-state index is 0. The van der Waals surface area contributed by atoms with Crippen molar-refractivity contribution in [3.8, 4) is 5.75 Å². The summed E-state index contributed by atoms with van der Waals surface area (Å²) in [5.74, 6) is -3.62. The third-order valence-corrected chi connectivity index (χ3v) is 17.3. The fourth-order valence-electron chi connectivity index (χ4n) is 13.9. The van der Waals surface area contributed by atoms with Crippen molar-refractivity contribution in [3.63, 3.8) is 0 Å². The fraction of sp³-hybridized carbons (Fsp3) is 0.694. The number of hydrogen-bond acceptors (Lipinski definition) is 14. The molecule has 3 heterocycles. The molecule has 21 heteroatoms. The highest BCUT2D eigenvalue weighted by molar-refractivity contribution is 7.79. The van der Waals surface area contributed by atoms with Gasteiger partial charge < -0.3 is 50.2 Å². The lowest BCUT2D eigenvalue weighted by molar-refractivity contribution is -0.354. The molecule has 3 aliphatic heterocycles. The van der Waals surface area contributed by atoms with E-state index < -0.39 is 97.3 Å². The van der Waals surface area contributed by atoms with Gasteiger partial charge >= 0.3 is 22.5 Å². The zero-order valence-electron chi connectivity index (χ0n) is 40.3. The Hall–Kier alpha value is -2.96. The number of piperidine rings is 2. The van der Waals surface area contributed by atoms with Gasteiger partial charge in [-0.05, 0) is 109 Å². The number of aliphatic hydroxyl groups is 6. The number of halogens is 4. The second-order valence-electron chi connectivity index (χ2n) is 21.0.